The average molecular weight is 262 g/mol. The van der Waals surface area contributed by atoms with Crippen LogP contribution < -0.4 is 16.2 Å². The van der Waals surface area contributed by atoms with Gasteiger partial charge in [-0.1, -0.05) is 6.07 Å². The quantitative estimate of drug-likeness (QED) is 0.350. The van der Waals surface area contributed by atoms with Gasteiger partial charge in [-0.05, 0) is 26.0 Å². The summed E-state index contributed by atoms with van der Waals surface area (Å²) in [6.45, 7) is 7.73. The highest BCUT2D eigenvalue weighted by molar-refractivity contribution is 5.79. The smallest absolute Gasteiger partial charge is 0.208 e. The Morgan fingerprint density at radius 2 is 2.05 bits per heavy atom. The van der Waals surface area contributed by atoms with Crippen molar-refractivity contribution in [3.63, 3.8) is 0 Å². The Kier molecular flexibility index (Phi) is 4.57. The first kappa shape index (κ1) is 13.6. The Hall–Kier alpha value is -1.82. The van der Waals surface area contributed by atoms with Crippen molar-refractivity contribution in [3.05, 3.63) is 24.4 Å². The summed E-state index contributed by atoms with van der Waals surface area (Å²) >= 11 is 0. The number of aromatic nitrogens is 1. The van der Waals surface area contributed by atoms with Gasteiger partial charge >= 0.3 is 0 Å². The van der Waals surface area contributed by atoms with Gasteiger partial charge in [-0.2, -0.15) is 0 Å². The largest absolute Gasteiger partial charge is 0.353 e. The number of hydrazine groups is 1. The zero-order valence-electron chi connectivity index (χ0n) is 11.6. The molecule has 19 heavy (non-hydrogen) atoms. The topological polar surface area (TPSA) is 69.8 Å². The minimum Gasteiger partial charge on any atom is -0.353 e. The summed E-state index contributed by atoms with van der Waals surface area (Å²) in [6, 6.07) is 6.23. The van der Waals surface area contributed by atoms with E-state index in [0.717, 1.165) is 38.0 Å². The molecule has 2 heterocycles. The molecule has 0 amide bonds. The van der Waals surface area contributed by atoms with Gasteiger partial charge in [-0.25, -0.2) is 15.8 Å². The summed E-state index contributed by atoms with van der Waals surface area (Å²) in [4.78, 5) is 13.3. The molecule has 3 N–H and O–H groups in total. The van der Waals surface area contributed by atoms with Crippen molar-refractivity contribution in [1.29, 1.82) is 0 Å². The van der Waals surface area contributed by atoms with E-state index in [4.69, 9.17) is 5.84 Å². The molecule has 0 saturated carbocycles. The molecule has 0 aromatic carbocycles. The van der Waals surface area contributed by atoms with Crippen LogP contribution in [0.15, 0.2) is 29.4 Å². The van der Waals surface area contributed by atoms with Gasteiger partial charge < -0.3 is 9.80 Å². The van der Waals surface area contributed by atoms with Crippen LogP contribution in [-0.2, 0) is 0 Å². The van der Waals surface area contributed by atoms with Crippen molar-refractivity contribution in [1.82, 2.24) is 15.3 Å². The second-order valence-corrected chi connectivity index (χ2v) is 4.85. The lowest BCUT2D eigenvalue weighted by Gasteiger charge is -2.36. The molecule has 6 nitrogen and oxygen atoms in total. The first-order chi connectivity index (χ1) is 9.20. The second-order valence-electron chi connectivity index (χ2n) is 4.85. The molecule has 0 aliphatic carbocycles. The normalized spacial score (nSPS) is 16.9. The number of pyridine rings is 1. The molecule has 1 aromatic rings. The minimum absolute atomic E-state index is 0.236. The molecule has 1 aliphatic heterocycles. The Labute approximate surface area is 114 Å². The van der Waals surface area contributed by atoms with Crippen LogP contribution in [0.2, 0.25) is 0 Å². The van der Waals surface area contributed by atoms with Crippen LogP contribution in [0.25, 0.3) is 0 Å². The van der Waals surface area contributed by atoms with Gasteiger partial charge in [0, 0.05) is 38.4 Å². The molecule has 0 spiro atoms. The molecule has 1 fully saturated rings. The number of nitrogens with one attached hydrogen (secondary N) is 1. The third-order valence-corrected chi connectivity index (χ3v) is 3.06. The van der Waals surface area contributed by atoms with Gasteiger partial charge in [-0.3, -0.25) is 5.43 Å². The van der Waals surface area contributed by atoms with E-state index >= 15 is 0 Å². The van der Waals surface area contributed by atoms with E-state index in [9.17, 15) is 0 Å². The summed E-state index contributed by atoms with van der Waals surface area (Å²) < 4.78 is 0. The summed E-state index contributed by atoms with van der Waals surface area (Å²) in [5, 5.41) is 0. The number of nitrogens with zero attached hydrogens (tertiary/aromatic N) is 4. The van der Waals surface area contributed by atoms with Crippen molar-refractivity contribution in [2.75, 3.05) is 31.1 Å². The van der Waals surface area contributed by atoms with E-state index < -0.39 is 0 Å². The van der Waals surface area contributed by atoms with Crippen LogP contribution >= 0.6 is 0 Å². The van der Waals surface area contributed by atoms with Crippen molar-refractivity contribution in [2.45, 2.75) is 19.9 Å². The molecule has 1 aliphatic rings. The van der Waals surface area contributed by atoms with Crippen LogP contribution in [0.4, 0.5) is 5.82 Å². The second kappa shape index (κ2) is 6.38. The maximum absolute atomic E-state index is 5.55. The fraction of sp³-hybridized carbons (Fsp3) is 0.538. The number of hydrogen-bond acceptors (Lipinski definition) is 4. The fourth-order valence-corrected chi connectivity index (χ4v) is 2.14. The van der Waals surface area contributed by atoms with Gasteiger partial charge in [0.05, 0.1) is 0 Å². The molecule has 2 rings (SSSR count). The minimum atomic E-state index is 0.236. The molecule has 6 heteroatoms. The van der Waals surface area contributed by atoms with Crippen LogP contribution in [0, 0.1) is 0 Å². The van der Waals surface area contributed by atoms with E-state index in [0.29, 0.717) is 0 Å². The fourth-order valence-electron chi connectivity index (χ4n) is 2.14. The lowest BCUT2D eigenvalue weighted by atomic mass is 10.3. The Morgan fingerprint density at radius 3 is 2.58 bits per heavy atom. The van der Waals surface area contributed by atoms with Crippen LogP contribution in [0.1, 0.15) is 13.8 Å². The predicted molar refractivity (Wildman–Crippen MR) is 77.9 cm³/mol. The number of piperazine rings is 1. The SMILES string of the molecule is CC(C)N=C(NN)N1CCN(c2ccccn2)CC1. The molecule has 1 aromatic heterocycles. The first-order valence-electron chi connectivity index (χ1n) is 6.66. The summed E-state index contributed by atoms with van der Waals surface area (Å²) in [7, 11) is 0. The molecular formula is C13H22N6. The third-order valence-electron chi connectivity index (χ3n) is 3.06. The standard InChI is InChI=1S/C13H22N6/c1-11(2)16-13(17-14)19-9-7-18(8-10-19)12-5-3-4-6-15-12/h3-6,11H,7-10,14H2,1-2H3,(H,16,17). The Balaban J connectivity index is 1.95. The van der Waals surface area contributed by atoms with E-state index in [1.165, 1.54) is 0 Å². The van der Waals surface area contributed by atoms with Gasteiger partial charge in [0.15, 0.2) is 0 Å². The molecular weight excluding hydrogens is 240 g/mol. The van der Waals surface area contributed by atoms with Crippen LogP contribution in [0.5, 0.6) is 0 Å². The van der Waals surface area contributed by atoms with Gasteiger partial charge in [0.2, 0.25) is 5.96 Å². The van der Waals surface area contributed by atoms with Crippen LogP contribution in [0.3, 0.4) is 0 Å². The third kappa shape index (κ3) is 3.57. The van der Waals surface area contributed by atoms with Crippen molar-refractivity contribution in [3.8, 4) is 0 Å². The van der Waals surface area contributed by atoms with E-state index in [1.54, 1.807) is 0 Å². The highest BCUT2D eigenvalue weighted by atomic mass is 15.4. The Morgan fingerprint density at radius 1 is 1.32 bits per heavy atom. The molecule has 0 bridgehead atoms. The average Bonchev–Trinajstić information content (AvgIpc) is 2.46. The lowest BCUT2D eigenvalue weighted by Crippen LogP contribution is -2.54. The molecule has 0 unspecified atom stereocenters. The van der Waals surface area contributed by atoms with Gasteiger partial charge in [-0.15, -0.1) is 0 Å². The van der Waals surface area contributed by atoms with Crippen molar-refractivity contribution < 1.29 is 0 Å². The zero-order chi connectivity index (χ0) is 13.7. The van der Waals surface area contributed by atoms with Crippen LogP contribution in [-0.4, -0.2) is 48.1 Å². The number of rotatable bonds is 2. The summed E-state index contributed by atoms with van der Waals surface area (Å²) in [6.07, 6.45) is 1.83. The zero-order valence-corrected chi connectivity index (χ0v) is 11.6. The van der Waals surface area contributed by atoms with Crippen molar-refractivity contribution in [2.24, 2.45) is 10.8 Å². The van der Waals surface area contributed by atoms with Crippen molar-refractivity contribution >= 4 is 11.8 Å². The number of nitrogens with two attached hydrogens (primary N) is 1. The van der Waals surface area contributed by atoms with E-state index in [1.807, 2.05) is 38.2 Å². The summed E-state index contributed by atoms with van der Waals surface area (Å²) in [5.41, 5.74) is 2.70. The summed E-state index contributed by atoms with van der Waals surface area (Å²) in [5.74, 6) is 7.36. The highest BCUT2D eigenvalue weighted by Gasteiger charge is 2.20. The number of hydrogen-bond donors (Lipinski definition) is 2. The predicted octanol–water partition coefficient (Wildman–Crippen LogP) is 0.431. The number of anilines is 1. The maximum Gasteiger partial charge on any atom is 0.208 e. The van der Waals surface area contributed by atoms with E-state index in [2.05, 4.69) is 25.2 Å². The van der Waals surface area contributed by atoms with E-state index in [-0.39, 0.29) is 6.04 Å². The number of aliphatic imine (C=N–C) groups is 1. The molecule has 1 saturated heterocycles. The first-order valence-corrected chi connectivity index (χ1v) is 6.66. The Bertz CT molecular complexity index is 408. The molecule has 0 atom stereocenters. The maximum atomic E-state index is 5.55. The molecule has 0 radical (unpaired) electrons. The number of guanidine groups is 1. The van der Waals surface area contributed by atoms with Gasteiger partial charge in [0.25, 0.3) is 0 Å². The molecule has 104 valence electrons. The lowest BCUT2D eigenvalue weighted by molar-refractivity contribution is 0.370. The van der Waals surface area contributed by atoms with Gasteiger partial charge in [0.1, 0.15) is 5.82 Å². The monoisotopic (exact) mass is 262 g/mol. The highest BCUT2D eigenvalue weighted by Crippen LogP contribution is 2.12.